The molecule has 0 bridgehead atoms. The Labute approximate surface area is 106 Å². The van der Waals surface area contributed by atoms with E-state index in [4.69, 9.17) is 5.14 Å². The van der Waals surface area contributed by atoms with Crippen LogP contribution in [0.1, 0.15) is 24.4 Å². The van der Waals surface area contributed by atoms with E-state index in [2.05, 4.69) is 5.32 Å². The molecule has 0 radical (unpaired) electrons. The third kappa shape index (κ3) is 4.04. The Morgan fingerprint density at radius 1 is 1.33 bits per heavy atom. The molecule has 1 aliphatic rings. The number of sulfonamides is 1. The van der Waals surface area contributed by atoms with Crippen LogP contribution >= 0.6 is 0 Å². The molecule has 2 rings (SSSR count). The van der Waals surface area contributed by atoms with E-state index in [1.807, 2.05) is 0 Å². The molecule has 1 unspecified atom stereocenters. The van der Waals surface area contributed by atoms with Gasteiger partial charge < -0.3 is 5.32 Å². The summed E-state index contributed by atoms with van der Waals surface area (Å²) in [4.78, 5) is 0. The summed E-state index contributed by atoms with van der Waals surface area (Å²) in [6, 6.07) is 6.41. The average Bonchev–Trinajstić information content (AvgIpc) is 3.08. The lowest BCUT2D eigenvalue weighted by molar-refractivity contribution is 0.492. The molecule has 0 heterocycles. The second kappa shape index (κ2) is 5.34. The van der Waals surface area contributed by atoms with Crippen molar-refractivity contribution in [2.45, 2.75) is 18.9 Å². The van der Waals surface area contributed by atoms with Crippen LogP contribution in [0.3, 0.4) is 0 Å². The normalized spacial score (nSPS) is 17.7. The Balaban J connectivity index is 1.98. The number of benzene rings is 1. The van der Waals surface area contributed by atoms with Gasteiger partial charge in [-0.2, -0.15) is 0 Å². The van der Waals surface area contributed by atoms with Crippen LogP contribution in [-0.2, 0) is 10.0 Å². The van der Waals surface area contributed by atoms with Crippen LogP contribution in [0.2, 0.25) is 0 Å². The minimum Gasteiger partial charge on any atom is -0.309 e. The summed E-state index contributed by atoms with van der Waals surface area (Å²) in [7, 11) is -3.44. The highest BCUT2D eigenvalue weighted by Crippen LogP contribution is 2.40. The molecule has 0 saturated heterocycles. The van der Waals surface area contributed by atoms with Crippen molar-refractivity contribution in [1.29, 1.82) is 0 Å². The first-order valence-electron chi connectivity index (χ1n) is 5.95. The molecule has 0 amide bonds. The van der Waals surface area contributed by atoms with E-state index in [9.17, 15) is 12.8 Å². The average molecular weight is 272 g/mol. The lowest BCUT2D eigenvalue weighted by Crippen LogP contribution is -2.31. The summed E-state index contributed by atoms with van der Waals surface area (Å²) >= 11 is 0. The van der Waals surface area contributed by atoms with Crippen molar-refractivity contribution in [3.63, 3.8) is 0 Å². The van der Waals surface area contributed by atoms with Gasteiger partial charge in [-0.15, -0.1) is 0 Å². The van der Waals surface area contributed by atoms with Gasteiger partial charge in [0.05, 0.1) is 5.75 Å². The Bertz CT molecular complexity index is 497. The Morgan fingerprint density at radius 2 is 1.94 bits per heavy atom. The smallest absolute Gasteiger partial charge is 0.210 e. The number of primary sulfonamides is 1. The van der Waals surface area contributed by atoms with Gasteiger partial charge in [0.15, 0.2) is 0 Å². The van der Waals surface area contributed by atoms with Crippen LogP contribution < -0.4 is 10.5 Å². The predicted octanol–water partition coefficient (Wildman–Crippen LogP) is 1.15. The molecule has 0 aromatic heterocycles. The van der Waals surface area contributed by atoms with E-state index in [0.717, 1.165) is 18.4 Å². The molecule has 1 aliphatic carbocycles. The molecule has 1 aromatic rings. The van der Waals surface area contributed by atoms with Gasteiger partial charge in [-0.3, -0.25) is 0 Å². The van der Waals surface area contributed by atoms with Gasteiger partial charge in [0.2, 0.25) is 10.0 Å². The Morgan fingerprint density at radius 3 is 2.44 bits per heavy atom. The molecule has 1 aromatic carbocycles. The molecule has 100 valence electrons. The lowest BCUT2D eigenvalue weighted by atomic mass is 10.0. The Kier molecular flexibility index (Phi) is 3.99. The minimum atomic E-state index is -3.44. The summed E-state index contributed by atoms with van der Waals surface area (Å²) in [5, 5.41) is 8.15. The standard InChI is InChI=1S/C12H17FN2O2S/c13-11-5-3-10(4-6-11)12(9-1-2-9)15-7-8-18(14,16)17/h3-6,9,12,15H,1-2,7-8H2,(H2,14,16,17). The highest BCUT2D eigenvalue weighted by atomic mass is 32.2. The van der Waals surface area contributed by atoms with Gasteiger partial charge in [-0.05, 0) is 36.5 Å². The van der Waals surface area contributed by atoms with E-state index < -0.39 is 10.0 Å². The van der Waals surface area contributed by atoms with E-state index in [0.29, 0.717) is 12.5 Å². The van der Waals surface area contributed by atoms with E-state index in [1.165, 1.54) is 12.1 Å². The number of hydrogen-bond donors (Lipinski definition) is 2. The van der Waals surface area contributed by atoms with Crippen LogP contribution in [0.5, 0.6) is 0 Å². The molecule has 1 fully saturated rings. The largest absolute Gasteiger partial charge is 0.309 e. The van der Waals surface area contributed by atoms with Crippen LogP contribution in [0.25, 0.3) is 0 Å². The van der Waals surface area contributed by atoms with Gasteiger partial charge in [-0.1, -0.05) is 12.1 Å². The minimum absolute atomic E-state index is 0.0859. The topological polar surface area (TPSA) is 72.2 Å². The highest BCUT2D eigenvalue weighted by Gasteiger charge is 2.31. The highest BCUT2D eigenvalue weighted by molar-refractivity contribution is 7.89. The molecule has 3 N–H and O–H groups in total. The summed E-state index contributed by atoms with van der Waals surface area (Å²) < 4.78 is 34.6. The lowest BCUT2D eigenvalue weighted by Gasteiger charge is -2.18. The second-order valence-electron chi connectivity index (χ2n) is 4.69. The molecular formula is C12H17FN2O2S. The summed E-state index contributed by atoms with van der Waals surface area (Å²) in [5.41, 5.74) is 0.994. The van der Waals surface area contributed by atoms with Crippen molar-refractivity contribution in [3.8, 4) is 0 Å². The van der Waals surface area contributed by atoms with Crippen molar-refractivity contribution in [3.05, 3.63) is 35.6 Å². The first-order valence-corrected chi connectivity index (χ1v) is 7.66. The first-order chi connectivity index (χ1) is 8.46. The zero-order chi connectivity index (χ0) is 13.2. The van der Waals surface area contributed by atoms with Gasteiger partial charge in [0.25, 0.3) is 0 Å². The number of hydrogen-bond acceptors (Lipinski definition) is 3. The van der Waals surface area contributed by atoms with Crippen molar-refractivity contribution in [2.24, 2.45) is 11.1 Å². The molecule has 4 nitrogen and oxygen atoms in total. The SMILES string of the molecule is NS(=O)(=O)CCNC(c1ccc(F)cc1)C1CC1. The van der Waals surface area contributed by atoms with E-state index in [-0.39, 0.29) is 17.6 Å². The maximum absolute atomic E-state index is 12.9. The van der Waals surface area contributed by atoms with Gasteiger partial charge in [0, 0.05) is 12.6 Å². The zero-order valence-corrected chi connectivity index (χ0v) is 10.8. The van der Waals surface area contributed by atoms with E-state index in [1.54, 1.807) is 12.1 Å². The third-order valence-electron chi connectivity index (χ3n) is 3.07. The number of rotatable bonds is 6. The molecule has 0 aliphatic heterocycles. The van der Waals surface area contributed by atoms with Crippen molar-refractivity contribution >= 4 is 10.0 Å². The van der Waals surface area contributed by atoms with Crippen molar-refractivity contribution in [2.75, 3.05) is 12.3 Å². The van der Waals surface area contributed by atoms with Crippen LogP contribution in [-0.4, -0.2) is 20.7 Å². The molecule has 6 heteroatoms. The monoisotopic (exact) mass is 272 g/mol. The van der Waals surface area contributed by atoms with Gasteiger partial charge in [0.1, 0.15) is 5.82 Å². The fourth-order valence-corrected chi connectivity index (χ4v) is 2.42. The molecule has 1 atom stereocenters. The van der Waals surface area contributed by atoms with Crippen LogP contribution in [0, 0.1) is 11.7 Å². The van der Waals surface area contributed by atoms with Crippen LogP contribution in [0.4, 0.5) is 4.39 Å². The van der Waals surface area contributed by atoms with Gasteiger partial charge in [-0.25, -0.2) is 17.9 Å². The molecular weight excluding hydrogens is 255 g/mol. The fourth-order valence-electron chi connectivity index (χ4n) is 2.01. The molecule has 1 saturated carbocycles. The fraction of sp³-hybridized carbons (Fsp3) is 0.500. The van der Waals surface area contributed by atoms with Crippen molar-refractivity contribution < 1.29 is 12.8 Å². The summed E-state index contributed by atoms with van der Waals surface area (Å²) in [6.07, 6.45) is 2.23. The van der Waals surface area contributed by atoms with E-state index >= 15 is 0 Å². The first kappa shape index (κ1) is 13.5. The Hall–Kier alpha value is -0.980. The predicted molar refractivity (Wildman–Crippen MR) is 67.8 cm³/mol. The second-order valence-corrected chi connectivity index (χ2v) is 6.42. The van der Waals surface area contributed by atoms with Gasteiger partial charge >= 0.3 is 0 Å². The molecule has 0 spiro atoms. The number of nitrogens with two attached hydrogens (primary N) is 1. The summed E-state index contributed by atoms with van der Waals surface area (Å²) in [5.74, 6) is 0.158. The molecule has 18 heavy (non-hydrogen) atoms. The summed E-state index contributed by atoms with van der Waals surface area (Å²) in [6.45, 7) is 0.317. The zero-order valence-electron chi connectivity index (χ0n) is 9.97. The number of halogens is 1. The maximum Gasteiger partial charge on any atom is 0.210 e. The number of nitrogens with one attached hydrogen (secondary N) is 1. The quantitative estimate of drug-likeness (QED) is 0.816. The maximum atomic E-state index is 12.9. The third-order valence-corrected chi connectivity index (χ3v) is 3.85. The van der Waals surface area contributed by atoms with Crippen LogP contribution in [0.15, 0.2) is 24.3 Å². The van der Waals surface area contributed by atoms with Crippen molar-refractivity contribution in [1.82, 2.24) is 5.32 Å².